The third kappa shape index (κ3) is 2.74. The minimum Gasteiger partial charge on any atom is -0.368 e. The first-order valence-electron chi connectivity index (χ1n) is 7.24. The van der Waals surface area contributed by atoms with Crippen LogP contribution in [0.5, 0.6) is 0 Å². The summed E-state index contributed by atoms with van der Waals surface area (Å²) < 4.78 is 13.1. The topological polar surface area (TPSA) is 89.4 Å². The zero-order valence-electron chi connectivity index (χ0n) is 12.6. The van der Waals surface area contributed by atoms with Gasteiger partial charge in [0.25, 0.3) is 5.91 Å². The number of hydrogen-bond acceptors (Lipinski definition) is 3. The van der Waals surface area contributed by atoms with Gasteiger partial charge >= 0.3 is 0 Å². The number of primary amides is 1. The van der Waals surface area contributed by atoms with Crippen molar-refractivity contribution in [3.8, 4) is 0 Å². The van der Waals surface area contributed by atoms with Crippen molar-refractivity contribution < 1.29 is 14.0 Å². The lowest BCUT2D eigenvalue weighted by Crippen LogP contribution is -2.56. The number of rotatable bonds is 4. The second-order valence-corrected chi connectivity index (χ2v) is 6.24. The fourth-order valence-corrected chi connectivity index (χ4v) is 3.03. The Balaban J connectivity index is 1.91. The molecule has 124 valence electrons. The molecule has 0 bridgehead atoms. The highest BCUT2D eigenvalue weighted by atomic mass is 35.5. The predicted molar refractivity (Wildman–Crippen MR) is 87.7 cm³/mol. The first-order chi connectivity index (χ1) is 11.3. The molecule has 2 aromatic carbocycles. The summed E-state index contributed by atoms with van der Waals surface area (Å²) in [6.07, 6.45) is 0. The molecule has 0 aromatic heterocycles. The quantitative estimate of drug-likeness (QED) is 0.883. The first kappa shape index (κ1) is 16.4. The fourth-order valence-electron chi connectivity index (χ4n) is 2.84. The van der Waals surface area contributed by atoms with Gasteiger partial charge in [0, 0.05) is 17.1 Å². The smallest absolute Gasteiger partial charge is 0.254 e. The second-order valence-electron chi connectivity index (χ2n) is 5.81. The van der Waals surface area contributed by atoms with Crippen LogP contribution in [0.25, 0.3) is 0 Å². The summed E-state index contributed by atoms with van der Waals surface area (Å²) in [5.41, 5.74) is 11.7. The number of halogens is 2. The van der Waals surface area contributed by atoms with Crippen LogP contribution in [0.2, 0.25) is 5.02 Å². The summed E-state index contributed by atoms with van der Waals surface area (Å²) in [5.74, 6) is -1.50. The third-order valence-corrected chi connectivity index (χ3v) is 4.42. The van der Waals surface area contributed by atoms with Gasteiger partial charge in [0.1, 0.15) is 11.4 Å². The lowest BCUT2D eigenvalue weighted by atomic mass is 9.89. The van der Waals surface area contributed by atoms with Gasteiger partial charge in [0.05, 0.1) is 6.54 Å². The zero-order chi connectivity index (χ0) is 17.5. The molecule has 5 nitrogen and oxygen atoms in total. The molecule has 2 aromatic rings. The number of carbonyl (C=O) groups is 2. The van der Waals surface area contributed by atoms with Crippen LogP contribution in [0.4, 0.5) is 4.39 Å². The summed E-state index contributed by atoms with van der Waals surface area (Å²) in [6, 6.07) is 10.1. The molecule has 1 aliphatic rings. The molecular formula is C17H15ClFN3O2. The van der Waals surface area contributed by atoms with Gasteiger partial charge in [-0.15, -0.1) is 0 Å². The van der Waals surface area contributed by atoms with E-state index >= 15 is 0 Å². The third-order valence-electron chi connectivity index (χ3n) is 4.19. The molecule has 0 radical (unpaired) electrons. The molecule has 0 saturated carbocycles. The van der Waals surface area contributed by atoms with Crippen molar-refractivity contribution in [1.29, 1.82) is 0 Å². The maximum absolute atomic E-state index is 13.1. The number of fused-ring (bicyclic) bond motifs is 1. The molecule has 2 amide bonds. The monoisotopic (exact) mass is 347 g/mol. The van der Waals surface area contributed by atoms with Gasteiger partial charge < -0.3 is 16.4 Å². The Morgan fingerprint density at radius 3 is 2.54 bits per heavy atom. The Hall–Kier alpha value is -2.44. The van der Waals surface area contributed by atoms with Crippen LogP contribution in [0, 0.1) is 5.82 Å². The summed E-state index contributed by atoms with van der Waals surface area (Å²) in [5, 5.41) is 0.524. The molecule has 0 fully saturated rings. The van der Waals surface area contributed by atoms with Crippen LogP contribution in [0.3, 0.4) is 0 Å². The molecule has 4 N–H and O–H groups in total. The summed E-state index contributed by atoms with van der Waals surface area (Å²) in [4.78, 5) is 25.9. The molecular weight excluding hydrogens is 333 g/mol. The van der Waals surface area contributed by atoms with Crippen LogP contribution in [-0.4, -0.2) is 23.3 Å². The Morgan fingerprint density at radius 1 is 1.25 bits per heavy atom. The van der Waals surface area contributed by atoms with Gasteiger partial charge in [-0.3, -0.25) is 9.59 Å². The molecule has 7 heteroatoms. The summed E-state index contributed by atoms with van der Waals surface area (Å²) in [6.45, 7) is 0.168. The van der Waals surface area contributed by atoms with Gasteiger partial charge in [0.2, 0.25) is 5.91 Å². The average Bonchev–Trinajstić information content (AvgIpc) is 2.83. The van der Waals surface area contributed by atoms with E-state index in [-0.39, 0.29) is 19.0 Å². The summed E-state index contributed by atoms with van der Waals surface area (Å²) >= 11 is 5.95. The Labute approximate surface area is 143 Å². The lowest BCUT2D eigenvalue weighted by Gasteiger charge is -2.31. The van der Waals surface area contributed by atoms with Crippen LogP contribution in [0.15, 0.2) is 42.5 Å². The molecule has 1 heterocycles. The molecule has 24 heavy (non-hydrogen) atoms. The number of carbonyl (C=O) groups excluding carboxylic acids is 2. The largest absolute Gasteiger partial charge is 0.368 e. The maximum Gasteiger partial charge on any atom is 0.254 e. The van der Waals surface area contributed by atoms with Crippen molar-refractivity contribution in [3.63, 3.8) is 0 Å². The van der Waals surface area contributed by atoms with Gasteiger partial charge in [-0.25, -0.2) is 4.39 Å². The Kier molecular flexibility index (Phi) is 4.03. The number of nitrogens with two attached hydrogens (primary N) is 2. The minimum atomic E-state index is -1.62. The van der Waals surface area contributed by atoms with E-state index < -0.39 is 17.3 Å². The first-order valence-corrected chi connectivity index (χ1v) is 7.61. The normalized spacial score (nSPS) is 16.0. The van der Waals surface area contributed by atoms with Crippen molar-refractivity contribution in [3.05, 3.63) is 70.0 Å². The van der Waals surface area contributed by atoms with Crippen molar-refractivity contribution >= 4 is 23.4 Å². The highest BCUT2D eigenvalue weighted by Crippen LogP contribution is 2.29. The molecule has 0 saturated heterocycles. The van der Waals surface area contributed by atoms with Crippen LogP contribution in [-0.2, 0) is 16.9 Å². The molecule has 1 unspecified atom stereocenters. The number of nitrogens with zero attached hydrogens (tertiary/aromatic N) is 1. The van der Waals surface area contributed by atoms with Crippen molar-refractivity contribution in [2.45, 2.75) is 12.1 Å². The number of amides is 2. The molecule has 0 spiro atoms. The van der Waals surface area contributed by atoms with E-state index in [9.17, 15) is 14.0 Å². The zero-order valence-corrected chi connectivity index (χ0v) is 13.4. The van der Waals surface area contributed by atoms with E-state index in [0.29, 0.717) is 16.1 Å². The molecule has 1 aliphatic heterocycles. The Morgan fingerprint density at radius 2 is 1.92 bits per heavy atom. The Bertz CT molecular complexity index is 825. The van der Waals surface area contributed by atoms with Crippen molar-refractivity contribution in [2.75, 3.05) is 6.54 Å². The maximum atomic E-state index is 13.1. The summed E-state index contributed by atoms with van der Waals surface area (Å²) in [7, 11) is 0. The van der Waals surface area contributed by atoms with Crippen LogP contribution >= 0.6 is 11.6 Å². The fraction of sp³-hybridized carbons (Fsp3) is 0.176. The highest BCUT2D eigenvalue weighted by molar-refractivity contribution is 6.30. The van der Waals surface area contributed by atoms with Gasteiger partial charge in [-0.05, 0) is 41.5 Å². The number of benzene rings is 2. The van der Waals surface area contributed by atoms with Gasteiger partial charge in [0.15, 0.2) is 0 Å². The van der Waals surface area contributed by atoms with E-state index in [0.717, 1.165) is 5.56 Å². The van der Waals surface area contributed by atoms with Gasteiger partial charge in [-0.1, -0.05) is 23.7 Å². The van der Waals surface area contributed by atoms with Crippen LogP contribution in [0.1, 0.15) is 21.5 Å². The predicted octanol–water partition coefficient (Wildman–Crippen LogP) is 1.77. The highest BCUT2D eigenvalue weighted by Gasteiger charge is 2.40. The van der Waals surface area contributed by atoms with Crippen LogP contribution < -0.4 is 11.5 Å². The number of hydrogen-bond donors (Lipinski definition) is 2. The van der Waals surface area contributed by atoms with Gasteiger partial charge in [-0.2, -0.15) is 0 Å². The van der Waals surface area contributed by atoms with E-state index in [1.165, 1.54) is 29.2 Å². The average molecular weight is 348 g/mol. The van der Waals surface area contributed by atoms with E-state index in [1.54, 1.807) is 18.2 Å². The van der Waals surface area contributed by atoms with E-state index in [2.05, 4.69) is 0 Å². The second kappa shape index (κ2) is 5.89. The van der Waals surface area contributed by atoms with E-state index in [1.807, 2.05) is 0 Å². The molecule has 1 atom stereocenters. The molecule has 0 aliphatic carbocycles. The minimum absolute atomic E-state index is 0.112. The standard InChI is InChI=1S/C17H15ClFN3O2/c18-12-3-6-14-10(7-12)8-22(15(14)23)9-17(21,16(20)24)11-1-4-13(19)5-2-11/h1-7H,8-9,21H2,(H2,20,24). The van der Waals surface area contributed by atoms with E-state index in [4.69, 9.17) is 23.1 Å². The SMILES string of the molecule is NC(=O)C(N)(CN1Cc2cc(Cl)ccc2C1=O)c1ccc(F)cc1. The van der Waals surface area contributed by atoms with Crippen molar-refractivity contribution in [1.82, 2.24) is 4.90 Å². The van der Waals surface area contributed by atoms with Crippen molar-refractivity contribution in [2.24, 2.45) is 11.5 Å². The molecule has 3 rings (SSSR count). The lowest BCUT2D eigenvalue weighted by molar-refractivity contribution is -0.124.